The fourth-order valence-electron chi connectivity index (χ4n) is 2.16. The van der Waals surface area contributed by atoms with Gasteiger partial charge in [-0.15, -0.1) is 0 Å². The number of hydrogen-bond acceptors (Lipinski definition) is 4. The lowest BCUT2D eigenvalue weighted by molar-refractivity contribution is 0.565. The van der Waals surface area contributed by atoms with Crippen LogP contribution in [0.1, 0.15) is 24.1 Å². The van der Waals surface area contributed by atoms with Crippen molar-refractivity contribution < 1.29 is 21.2 Å². The molecular weight excluding hydrogens is 353 g/mol. The highest BCUT2D eigenvalue weighted by Crippen LogP contribution is 2.20. The summed E-state index contributed by atoms with van der Waals surface area (Å²) in [6.07, 6.45) is 1.10. The van der Waals surface area contributed by atoms with Crippen molar-refractivity contribution >= 4 is 19.9 Å². The highest BCUT2D eigenvalue weighted by atomic mass is 32.2. The largest absolute Gasteiger partial charge is 0.241 e. The van der Waals surface area contributed by atoms with Gasteiger partial charge in [-0.3, -0.25) is 0 Å². The third-order valence-electron chi connectivity index (χ3n) is 3.58. The van der Waals surface area contributed by atoms with Crippen LogP contribution in [0.25, 0.3) is 0 Å². The van der Waals surface area contributed by atoms with Crippen LogP contribution in [0.3, 0.4) is 0 Å². The summed E-state index contributed by atoms with van der Waals surface area (Å²) in [5.74, 6) is -0.474. The predicted molar refractivity (Wildman–Crippen MR) is 89.4 cm³/mol. The summed E-state index contributed by atoms with van der Waals surface area (Å²) >= 11 is 0. The van der Waals surface area contributed by atoms with E-state index in [4.69, 9.17) is 0 Å². The Bertz CT molecular complexity index is 952. The topological polar surface area (TPSA) is 80.3 Å². The summed E-state index contributed by atoms with van der Waals surface area (Å²) < 4.78 is 63.4. The van der Waals surface area contributed by atoms with Gasteiger partial charge in [0.25, 0.3) is 0 Å². The van der Waals surface area contributed by atoms with E-state index in [0.717, 1.165) is 12.3 Å². The molecule has 0 radical (unpaired) electrons. The molecule has 2 rings (SSSR count). The summed E-state index contributed by atoms with van der Waals surface area (Å²) in [6.45, 7) is 3.13. The molecule has 5 nitrogen and oxygen atoms in total. The molecule has 0 bridgehead atoms. The van der Waals surface area contributed by atoms with Crippen LogP contribution in [0.5, 0.6) is 0 Å². The summed E-state index contributed by atoms with van der Waals surface area (Å²) in [6, 6.07) is 8.96. The maximum atomic E-state index is 13.3. The van der Waals surface area contributed by atoms with Gasteiger partial charge in [0, 0.05) is 12.3 Å². The number of sulfonamides is 1. The van der Waals surface area contributed by atoms with Gasteiger partial charge in [-0.05, 0) is 55.3 Å². The molecule has 24 heavy (non-hydrogen) atoms. The number of nitrogens with one attached hydrogen (secondary N) is 1. The van der Waals surface area contributed by atoms with Gasteiger partial charge in [-0.25, -0.2) is 25.9 Å². The molecule has 8 heteroatoms. The summed E-state index contributed by atoms with van der Waals surface area (Å²) in [5.41, 5.74) is 0.854. The maximum Gasteiger partial charge on any atom is 0.241 e. The van der Waals surface area contributed by atoms with Crippen molar-refractivity contribution in [2.75, 3.05) is 6.26 Å². The third-order valence-corrected chi connectivity index (χ3v) is 6.25. The highest BCUT2D eigenvalue weighted by molar-refractivity contribution is 7.90. The molecule has 0 amide bonds. The lowest BCUT2D eigenvalue weighted by Crippen LogP contribution is -2.27. The van der Waals surface area contributed by atoms with Crippen LogP contribution in [0.4, 0.5) is 4.39 Å². The lowest BCUT2D eigenvalue weighted by Gasteiger charge is -2.15. The average Bonchev–Trinajstić information content (AvgIpc) is 2.48. The van der Waals surface area contributed by atoms with Gasteiger partial charge in [-0.2, -0.15) is 0 Å². The number of sulfone groups is 1. The minimum atomic E-state index is -3.82. The smallest absolute Gasteiger partial charge is 0.224 e. The second-order valence-corrected chi connectivity index (χ2v) is 9.32. The molecule has 0 aromatic heterocycles. The zero-order valence-corrected chi connectivity index (χ0v) is 15.1. The van der Waals surface area contributed by atoms with E-state index in [1.165, 1.54) is 31.2 Å². The van der Waals surface area contributed by atoms with Crippen LogP contribution in [0.15, 0.2) is 52.3 Å². The van der Waals surface area contributed by atoms with E-state index in [1.807, 2.05) is 0 Å². The minimum absolute atomic E-state index is 0.0268. The molecule has 0 fully saturated rings. The first-order valence-electron chi connectivity index (χ1n) is 7.09. The number of aryl methyl sites for hydroxylation is 1. The SMILES string of the molecule is Cc1cc(S(=O)(=O)NC(C)c2ccc(S(C)(=O)=O)cc2)ccc1F. The minimum Gasteiger partial charge on any atom is -0.224 e. The van der Waals surface area contributed by atoms with Crippen LogP contribution in [0, 0.1) is 12.7 Å². The van der Waals surface area contributed by atoms with Crippen molar-refractivity contribution in [2.45, 2.75) is 29.7 Å². The standard InChI is InChI=1S/C16H18FNO4S2/c1-11-10-15(8-9-16(11)17)24(21,22)18-12(2)13-4-6-14(7-5-13)23(3,19)20/h4-10,12,18H,1-3H3. The van der Waals surface area contributed by atoms with Crippen LogP contribution < -0.4 is 4.72 Å². The monoisotopic (exact) mass is 371 g/mol. The van der Waals surface area contributed by atoms with Crippen molar-refractivity contribution in [3.63, 3.8) is 0 Å². The Morgan fingerprint density at radius 1 is 0.958 bits per heavy atom. The van der Waals surface area contributed by atoms with Gasteiger partial charge < -0.3 is 0 Å². The molecule has 1 unspecified atom stereocenters. The molecule has 130 valence electrons. The number of rotatable bonds is 5. The van der Waals surface area contributed by atoms with Crippen LogP contribution in [-0.2, 0) is 19.9 Å². The summed E-state index contributed by atoms with van der Waals surface area (Å²) in [7, 11) is -7.13. The van der Waals surface area contributed by atoms with Crippen molar-refractivity contribution in [3.05, 3.63) is 59.4 Å². The number of benzene rings is 2. The van der Waals surface area contributed by atoms with Crippen LogP contribution in [-0.4, -0.2) is 23.1 Å². The molecule has 1 N–H and O–H groups in total. The molecule has 0 aliphatic rings. The van der Waals surface area contributed by atoms with Crippen LogP contribution >= 0.6 is 0 Å². The zero-order chi connectivity index (χ0) is 18.1. The molecule has 0 saturated heterocycles. The Morgan fingerprint density at radius 2 is 1.50 bits per heavy atom. The molecule has 2 aromatic rings. The van der Waals surface area contributed by atoms with Crippen molar-refractivity contribution in [2.24, 2.45) is 0 Å². The first-order valence-corrected chi connectivity index (χ1v) is 10.5. The molecule has 2 aromatic carbocycles. The third kappa shape index (κ3) is 4.19. The van der Waals surface area contributed by atoms with Gasteiger partial charge in [0.1, 0.15) is 5.82 Å². The number of halogens is 1. The molecule has 0 heterocycles. The second-order valence-electron chi connectivity index (χ2n) is 5.60. The molecule has 0 spiro atoms. The first kappa shape index (κ1) is 18.6. The van der Waals surface area contributed by atoms with E-state index >= 15 is 0 Å². The zero-order valence-electron chi connectivity index (χ0n) is 13.4. The van der Waals surface area contributed by atoms with E-state index in [-0.39, 0.29) is 15.4 Å². The van der Waals surface area contributed by atoms with Gasteiger partial charge in [0.2, 0.25) is 10.0 Å². The van der Waals surface area contributed by atoms with Crippen molar-refractivity contribution in [3.8, 4) is 0 Å². The predicted octanol–water partition coefficient (Wildman–Crippen LogP) is 2.58. The average molecular weight is 371 g/mol. The Kier molecular flexibility index (Phi) is 5.12. The Balaban J connectivity index is 2.24. The Morgan fingerprint density at radius 3 is 2.00 bits per heavy atom. The van der Waals surface area contributed by atoms with E-state index in [2.05, 4.69) is 4.72 Å². The van der Waals surface area contributed by atoms with Gasteiger partial charge >= 0.3 is 0 Å². The van der Waals surface area contributed by atoms with E-state index < -0.39 is 31.7 Å². The molecule has 0 aliphatic carbocycles. The summed E-state index contributed by atoms with van der Waals surface area (Å²) in [4.78, 5) is 0.136. The van der Waals surface area contributed by atoms with Gasteiger partial charge in [-0.1, -0.05) is 12.1 Å². The number of hydrogen-bond donors (Lipinski definition) is 1. The highest BCUT2D eigenvalue weighted by Gasteiger charge is 2.19. The molecule has 0 aliphatic heterocycles. The second kappa shape index (κ2) is 6.62. The Labute approximate surface area is 141 Å². The van der Waals surface area contributed by atoms with Gasteiger partial charge in [0.05, 0.1) is 9.79 Å². The quantitative estimate of drug-likeness (QED) is 0.876. The maximum absolute atomic E-state index is 13.3. The Hall–Kier alpha value is -1.77. The molecular formula is C16H18FNO4S2. The lowest BCUT2D eigenvalue weighted by atomic mass is 10.1. The van der Waals surface area contributed by atoms with E-state index in [9.17, 15) is 21.2 Å². The fraction of sp³-hybridized carbons (Fsp3) is 0.250. The van der Waals surface area contributed by atoms with E-state index in [0.29, 0.717) is 5.56 Å². The normalized spacial score (nSPS) is 13.7. The molecule has 1 atom stereocenters. The van der Waals surface area contributed by atoms with Crippen LogP contribution in [0.2, 0.25) is 0 Å². The summed E-state index contributed by atoms with van der Waals surface area (Å²) in [5, 5.41) is 0. The van der Waals surface area contributed by atoms with Gasteiger partial charge in [0.15, 0.2) is 9.84 Å². The first-order chi connectivity index (χ1) is 11.0. The van der Waals surface area contributed by atoms with Crippen molar-refractivity contribution in [1.29, 1.82) is 0 Å². The fourth-order valence-corrected chi connectivity index (χ4v) is 4.10. The van der Waals surface area contributed by atoms with Crippen molar-refractivity contribution in [1.82, 2.24) is 4.72 Å². The van der Waals surface area contributed by atoms with E-state index in [1.54, 1.807) is 19.1 Å². The molecule has 0 saturated carbocycles.